The van der Waals surface area contributed by atoms with E-state index >= 15 is 0 Å². The number of methoxy groups -OCH3 is 2. The fraction of sp³-hybridized carbons (Fsp3) is 0.143. The number of aromatic nitrogens is 1. The molecule has 0 radical (unpaired) electrons. The summed E-state index contributed by atoms with van der Waals surface area (Å²) >= 11 is 1.40. The molecule has 0 bridgehead atoms. The lowest BCUT2D eigenvalue weighted by Gasteiger charge is -2.06. The van der Waals surface area contributed by atoms with Gasteiger partial charge in [-0.2, -0.15) is 4.99 Å². The quantitative estimate of drug-likeness (QED) is 0.538. The number of benzene rings is 3. The van der Waals surface area contributed by atoms with Gasteiger partial charge in [0.05, 0.1) is 14.2 Å². The number of thiazole rings is 1. The van der Waals surface area contributed by atoms with Gasteiger partial charge in [0.1, 0.15) is 21.7 Å². The first-order chi connectivity index (χ1) is 13.1. The van der Waals surface area contributed by atoms with Crippen molar-refractivity contribution in [1.82, 2.24) is 4.57 Å². The largest absolute Gasteiger partial charge is 0.495 e. The molecule has 0 aliphatic heterocycles. The fourth-order valence-electron chi connectivity index (χ4n) is 3.19. The van der Waals surface area contributed by atoms with Crippen LogP contribution in [0, 0.1) is 0 Å². The van der Waals surface area contributed by atoms with Gasteiger partial charge in [0.2, 0.25) is 0 Å². The highest BCUT2D eigenvalue weighted by Gasteiger charge is 2.15. The first kappa shape index (κ1) is 17.3. The molecule has 0 saturated carbocycles. The zero-order valence-electron chi connectivity index (χ0n) is 15.2. The molecule has 5 nitrogen and oxygen atoms in total. The lowest BCUT2D eigenvalue weighted by molar-refractivity contribution is 0.0999. The molecule has 0 atom stereocenters. The lowest BCUT2D eigenvalue weighted by Crippen LogP contribution is -2.13. The summed E-state index contributed by atoms with van der Waals surface area (Å²) in [6, 6.07) is 17.2. The Balaban J connectivity index is 1.92. The van der Waals surface area contributed by atoms with Gasteiger partial charge in [-0.3, -0.25) is 4.79 Å². The van der Waals surface area contributed by atoms with E-state index in [2.05, 4.69) is 4.99 Å². The van der Waals surface area contributed by atoms with Crippen LogP contribution in [0.1, 0.15) is 10.4 Å². The maximum absolute atomic E-state index is 12.9. The second-order valence-electron chi connectivity index (χ2n) is 6.04. The maximum Gasteiger partial charge on any atom is 0.280 e. The molecule has 0 aliphatic carbocycles. The Labute approximate surface area is 160 Å². The lowest BCUT2D eigenvalue weighted by atomic mass is 10.0. The molecular formula is C21H18N2O3S. The monoisotopic (exact) mass is 378 g/mol. The Hall–Kier alpha value is -3.12. The van der Waals surface area contributed by atoms with Gasteiger partial charge in [0.25, 0.3) is 5.91 Å². The Morgan fingerprint density at radius 2 is 1.67 bits per heavy atom. The van der Waals surface area contributed by atoms with Crippen molar-refractivity contribution in [1.29, 1.82) is 0 Å². The van der Waals surface area contributed by atoms with Gasteiger partial charge in [-0.05, 0) is 29.0 Å². The van der Waals surface area contributed by atoms with Crippen LogP contribution in [-0.2, 0) is 7.05 Å². The van der Waals surface area contributed by atoms with Crippen molar-refractivity contribution in [3.63, 3.8) is 0 Å². The Bertz CT molecular complexity index is 1230. The van der Waals surface area contributed by atoms with Gasteiger partial charge in [0, 0.05) is 12.6 Å². The van der Waals surface area contributed by atoms with Crippen LogP contribution in [0.25, 0.3) is 21.0 Å². The molecule has 3 aromatic carbocycles. The number of hydrogen-bond donors (Lipinski definition) is 0. The molecule has 27 heavy (non-hydrogen) atoms. The van der Waals surface area contributed by atoms with Crippen LogP contribution in [0.2, 0.25) is 0 Å². The average Bonchev–Trinajstić information content (AvgIpc) is 3.03. The van der Waals surface area contributed by atoms with Crippen molar-refractivity contribution in [3.8, 4) is 11.5 Å². The molecule has 6 heteroatoms. The molecule has 0 aliphatic rings. The summed E-state index contributed by atoms with van der Waals surface area (Å²) in [5.41, 5.74) is 1.44. The highest BCUT2D eigenvalue weighted by Crippen LogP contribution is 2.34. The van der Waals surface area contributed by atoms with E-state index in [4.69, 9.17) is 9.47 Å². The molecule has 0 saturated heterocycles. The average molecular weight is 378 g/mol. The van der Waals surface area contributed by atoms with Crippen LogP contribution in [0.5, 0.6) is 11.5 Å². The molecular weight excluding hydrogens is 360 g/mol. The van der Waals surface area contributed by atoms with Crippen molar-refractivity contribution >= 4 is 38.2 Å². The van der Waals surface area contributed by atoms with Crippen molar-refractivity contribution in [2.24, 2.45) is 12.0 Å². The SMILES string of the molecule is COc1ccc(OC)c2c1sc(=NC(=O)c1cccc3ccccc13)n2C. The van der Waals surface area contributed by atoms with E-state index in [0.717, 1.165) is 26.7 Å². The number of carbonyl (C=O) groups is 1. The van der Waals surface area contributed by atoms with Crippen LogP contribution < -0.4 is 14.3 Å². The molecule has 1 amide bonds. The topological polar surface area (TPSA) is 52.8 Å². The van der Waals surface area contributed by atoms with Gasteiger partial charge in [-0.1, -0.05) is 47.7 Å². The molecule has 1 heterocycles. The molecule has 0 fully saturated rings. The van der Waals surface area contributed by atoms with E-state index in [9.17, 15) is 4.79 Å². The first-order valence-corrected chi connectivity index (χ1v) is 9.23. The van der Waals surface area contributed by atoms with E-state index in [1.165, 1.54) is 11.3 Å². The van der Waals surface area contributed by atoms with Crippen molar-refractivity contribution in [3.05, 3.63) is 65.0 Å². The second-order valence-corrected chi connectivity index (χ2v) is 7.01. The number of ether oxygens (including phenoxy) is 2. The minimum atomic E-state index is -0.271. The smallest absolute Gasteiger partial charge is 0.280 e. The third-order valence-electron chi connectivity index (χ3n) is 4.53. The molecule has 1 aromatic heterocycles. The molecule has 4 rings (SSSR count). The summed E-state index contributed by atoms with van der Waals surface area (Å²) in [5, 5.41) is 1.91. The molecule has 0 unspecified atom stereocenters. The fourth-order valence-corrected chi connectivity index (χ4v) is 4.31. The van der Waals surface area contributed by atoms with Crippen LogP contribution >= 0.6 is 11.3 Å². The summed E-state index contributed by atoms with van der Waals surface area (Å²) in [7, 11) is 5.12. The predicted octanol–water partition coefficient (Wildman–Crippen LogP) is 4.15. The number of nitrogens with zero attached hydrogens (tertiary/aromatic N) is 2. The predicted molar refractivity (Wildman–Crippen MR) is 108 cm³/mol. The molecule has 0 spiro atoms. The highest BCUT2D eigenvalue weighted by molar-refractivity contribution is 7.16. The molecule has 0 N–H and O–H groups in total. The van der Waals surface area contributed by atoms with Crippen LogP contribution in [-0.4, -0.2) is 24.7 Å². The highest BCUT2D eigenvalue weighted by atomic mass is 32.1. The van der Waals surface area contributed by atoms with E-state index in [1.807, 2.05) is 66.2 Å². The third-order valence-corrected chi connectivity index (χ3v) is 5.68. The van der Waals surface area contributed by atoms with E-state index < -0.39 is 0 Å². The van der Waals surface area contributed by atoms with E-state index in [1.54, 1.807) is 14.2 Å². The molecule has 4 aromatic rings. The van der Waals surface area contributed by atoms with Gasteiger partial charge >= 0.3 is 0 Å². The number of fused-ring (bicyclic) bond motifs is 2. The van der Waals surface area contributed by atoms with Gasteiger partial charge < -0.3 is 14.0 Å². The van der Waals surface area contributed by atoms with Crippen molar-refractivity contribution < 1.29 is 14.3 Å². The summed E-state index contributed by atoms with van der Waals surface area (Å²) in [6.07, 6.45) is 0. The standard InChI is InChI=1S/C21H18N2O3S/c1-23-18-16(25-2)11-12-17(26-3)19(18)27-21(23)22-20(24)15-10-6-8-13-7-4-5-9-14(13)15/h4-12H,1-3H3. The van der Waals surface area contributed by atoms with Crippen LogP contribution in [0.15, 0.2) is 59.6 Å². The number of hydrogen-bond acceptors (Lipinski definition) is 4. The van der Waals surface area contributed by atoms with Crippen LogP contribution in [0.3, 0.4) is 0 Å². The summed E-state index contributed by atoms with van der Waals surface area (Å²) in [5.74, 6) is 1.17. The van der Waals surface area contributed by atoms with E-state index in [0.29, 0.717) is 16.1 Å². The van der Waals surface area contributed by atoms with Crippen molar-refractivity contribution in [2.75, 3.05) is 14.2 Å². The van der Waals surface area contributed by atoms with Gasteiger partial charge in [-0.15, -0.1) is 0 Å². The zero-order valence-corrected chi connectivity index (χ0v) is 16.0. The van der Waals surface area contributed by atoms with Gasteiger partial charge in [0.15, 0.2) is 4.80 Å². The Morgan fingerprint density at radius 3 is 2.44 bits per heavy atom. The summed E-state index contributed by atoms with van der Waals surface area (Å²) < 4.78 is 13.7. The molecule has 136 valence electrons. The van der Waals surface area contributed by atoms with Crippen LogP contribution in [0.4, 0.5) is 0 Å². The zero-order chi connectivity index (χ0) is 19.0. The third kappa shape index (κ3) is 2.88. The Kier molecular flexibility index (Phi) is 4.41. The van der Waals surface area contributed by atoms with Gasteiger partial charge in [-0.25, -0.2) is 0 Å². The second kappa shape index (κ2) is 6.89. The summed E-state index contributed by atoms with van der Waals surface area (Å²) in [4.78, 5) is 17.9. The minimum Gasteiger partial charge on any atom is -0.495 e. The number of aryl methyl sites for hydroxylation is 1. The number of rotatable bonds is 3. The number of amides is 1. The van der Waals surface area contributed by atoms with E-state index in [-0.39, 0.29) is 5.91 Å². The maximum atomic E-state index is 12.9. The normalized spacial score (nSPS) is 11.9. The number of carbonyl (C=O) groups excluding carboxylic acids is 1. The van der Waals surface area contributed by atoms with Crippen molar-refractivity contribution in [2.45, 2.75) is 0 Å². The Morgan fingerprint density at radius 1 is 0.963 bits per heavy atom. The first-order valence-electron chi connectivity index (χ1n) is 8.41. The summed E-state index contributed by atoms with van der Waals surface area (Å²) in [6.45, 7) is 0. The minimum absolute atomic E-state index is 0.271.